The molecule has 1 aliphatic carbocycles. The Hall–Kier alpha value is -2.21. The maximum absolute atomic E-state index is 13.0. The minimum Gasteiger partial charge on any atom is -0.349 e. The van der Waals surface area contributed by atoms with E-state index in [1.54, 1.807) is 17.1 Å². The summed E-state index contributed by atoms with van der Waals surface area (Å²) in [7, 11) is 0. The molecule has 2 fully saturated rings. The van der Waals surface area contributed by atoms with E-state index in [9.17, 15) is 4.79 Å². The van der Waals surface area contributed by atoms with E-state index in [0.717, 1.165) is 43.4 Å². The number of amides is 1. The van der Waals surface area contributed by atoms with Crippen LogP contribution >= 0.6 is 0 Å². The van der Waals surface area contributed by atoms with Gasteiger partial charge in [0.1, 0.15) is 0 Å². The van der Waals surface area contributed by atoms with Gasteiger partial charge in [-0.05, 0) is 49.7 Å². The van der Waals surface area contributed by atoms with Gasteiger partial charge in [0.15, 0.2) is 5.82 Å². The predicted octanol–water partition coefficient (Wildman–Crippen LogP) is 3.78. The Balaban J connectivity index is 1.38. The second-order valence-corrected chi connectivity index (χ2v) is 8.90. The summed E-state index contributed by atoms with van der Waals surface area (Å²) >= 11 is 0. The maximum atomic E-state index is 13.0. The highest BCUT2D eigenvalue weighted by Gasteiger charge is 2.27. The number of pyridine rings is 1. The van der Waals surface area contributed by atoms with Crippen molar-refractivity contribution >= 4 is 5.91 Å². The number of hydrogen-bond acceptors (Lipinski definition) is 4. The third-order valence-corrected chi connectivity index (χ3v) is 6.38. The SMILES string of the molecule is CC(C)c1c(C(=O)NC2CCN(CC3CCCC3)CC2)cnn1-c1ccccn1. The zero-order valence-corrected chi connectivity index (χ0v) is 17.7. The van der Waals surface area contributed by atoms with E-state index in [4.69, 9.17) is 0 Å². The largest absolute Gasteiger partial charge is 0.349 e. The Morgan fingerprint density at radius 3 is 2.59 bits per heavy atom. The zero-order valence-electron chi connectivity index (χ0n) is 17.7. The zero-order chi connectivity index (χ0) is 20.2. The van der Waals surface area contributed by atoms with E-state index in [1.165, 1.54) is 32.2 Å². The van der Waals surface area contributed by atoms with Gasteiger partial charge in [-0.2, -0.15) is 5.10 Å². The first kappa shape index (κ1) is 20.1. The van der Waals surface area contributed by atoms with Gasteiger partial charge in [0.25, 0.3) is 5.91 Å². The van der Waals surface area contributed by atoms with Crippen molar-refractivity contribution < 1.29 is 4.79 Å². The molecular formula is C23H33N5O. The van der Waals surface area contributed by atoms with Crippen LogP contribution in [0.25, 0.3) is 5.82 Å². The summed E-state index contributed by atoms with van der Waals surface area (Å²) < 4.78 is 1.80. The van der Waals surface area contributed by atoms with Crippen LogP contribution in [0.1, 0.15) is 74.3 Å². The van der Waals surface area contributed by atoms with Crippen LogP contribution in [0.4, 0.5) is 0 Å². The van der Waals surface area contributed by atoms with Gasteiger partial charge < -0.3 is 10.2 Å². The topological polar surface area (TPSA) is 63.1 Å². The summed E-state index contributed by atoms with van der Waals surface area (Å²) in [6, 6.07) is 5.99. The summed E-state index contributed by atoms with van der Waals surface area (Å²) in [6.07, 6.45) is 11.1. The van der Waals surface area contributed by atoms with E-state index < -0.39 is 0 Å². The van der Waals surface area contributed by atoms with E-state index in [0.29, 0.717) is 5.56 Å². The second kappa shape index (κ2) is 9.08. The molecule has 1 saturated carbocycles. The molecule has 0 unspecified atom stereocenters. The minimum atomic E-state index is -0.00914. The molecule has 1 N–H and O–H groups in total. The van der Waals surface area contributed by atoms with Crippen molar-refractivity contribution in [3.05, 3.63) is 41.9 Å². The van der Waals surface area contributed by atoms with E-state index in [-0.39, 0.29) is 17.9 Å². The van der Waals surface area contributed by atoms with Crippen LogP contribution in [0.3, 0.4) is 0 Å². The summed E-state index contributed by atoms with van der Waals surface area (Å²) in [4.78, 5) is 20.0. The van der Waals surface area contributed by atoms with Gasteiger partial charge in [-0.3, -0.25) is 4.79 Å². The third kappa shape index (κ3) is 4.69. The average molecular weight is 396 g/mol. The van der Waals surface area contributed by atoms with Crippen molar-refractivity contribution in [2.24, 2.45) is 5.92 Å². The molecule has 6 heteroatoms. The molecule has 156 valence electrons. The highest BCUT2D eigenvalue weighted by Crippen LogP contribution is 2.27. The molecule has 6 nitrogen and oxygen atoms in total. The second-order valence-electron chi connectivity index (χ2n) is 8.90. The smallest absolute Gasteiger partial charge is 0.255 e. The van der Waals surface area contributed by atoms with Gasteiger partial charge >= 0.3 is 0 Å². The van der Waals surface area contributed by atoms with Gasteiger partial charge in [-0.1, -0.05) is 32.8 Å². The molecule has 4 rings (SSSR count). The van der Waals surface area contributed by atoms with Crippen molar-refractivity contribution in [3.8, 4) is 5.82 Å². The molecule has 1 aliphatic heterocycles. The summed E-state index contributed by atoms with van der Waals surface area (Å²) in [5, 5.41) is 7.75. The van der Waals surface area contributed by atoms with Gasteiger partial charge in [0.2, 0.25) is 0 Å². The molecule has 0 bridgehead atoms. The number of piperidine rings is 1. The Kier molecular flexibility index (Phi) is 6.28. The Morgan fingerprint density at radius 1 is 1.17 bits per heavy atom. The molecule has 3 heterocycles. The molecule has 0 radical (unpaired) electrons. The molecule has 0 aromatic carbocycles. The van der Waals surface area contributed by atoms with E-state index >= 15 is 0 Å². The summed E-state index contributed by atoms with van der Waals surface area (Å²) in [6.45, 7) is 7.61. The van der Waals surface area contributed by atoms with E-state index in [1.807, 2.05) is 18.2 Å². The highest BCUT2D eigenvalue weighted by atomic mass is 16.1. The van der Waals surface area contributed by atoms with Crippen molar-refractivity contribution in [2.75, 3.05) is 19.6 Å². The summed E-state index contributed by atoms with van der Waals surface area (Å²) in [5.41, 5.74) is 1.58. The van der Waals surface area contributed by atoms with Crippen LogP contribution < -0.4 is 5.32 Å². The Labute approximate surface area is 173 Å². The van der Waals surface area contributed by atoms with Crippen LogP contribution in [0.5, 0.6) is 0 Å². The monoisotopic (exact) mass is 395 g/mol. The standard InChI is InChI=1S/C23H33N5O/c1-17(2)22-20(15-25-28(22)21-9-5-6-12-24-21)23(29)26-19-10-13-27(14-11-19)16-18-7-3-4-8-18/h5-6,9,12,15,17-19H,3-4,7-8,10-11,13-14,16H2,1-2H3,(H,26,29). The van der Waals surface area contributed by atoms with Gasteiger partial charge in [0, 0.05) is 31.9 Å². The van der Waals surface area contributed by atoms with Crippen LogP contribution in [-0.2, 0) is 0 Å². The molecule has 1 amide bonds. The molecule has 0 atom stereocenters. The molecule has 1 saturated heterocycles. The first-order chi connectivity index (χ1) is 14.1. The number of nitrogens with zero attached hydrogens (tertiary/aromatic N) is 4. The van der Waals surface area contributed by atoms with Gasteiger partial charge in [0.05, 0.1) is 17.5 Å². The molecule has 2 aliphatic rings. The molecule has 0 spiro atoms. The fourth-order valence-electron chi connectivity index (χ4n) is 4.83. The minimum absolute atomic E-state index is 0.00914. The molecule has 2 aromatic heterocycles. The van der Waals surface area contributed by atoms with Crippen LogP contribution in [0, 0.1) is 5.92 Å². The van der Waals surface area contributed by atoms with Crippen molar-refractivity contribution in [3.63, 3.8) is 0 Å². The Bertz CT molecular complexity index is 802. The number of carbonyl (C=O) groups excluding carboxylic acids is 1. The average Bonchev–Trinajstić information content (AvgIpc) is 3.40. The molecular weight excluding hydrogens is 362 g/mol. The first-order valence-electron chi connectivity index (χ1n) is 11.1. The van der Waals surface area contributed by atoms with Crippen molar-refractivity contribution in [2.45, 2.75) is 64.3 Å². The molecule has 29 heavy (non-hydrogen) atoms. The lowest BCUT2D eigenvalue weighted by Gasteiger charge is -2.33. The predicted molar refractivity (Wildman–Crippen MR) is 114 cm³/mol. The van der Waals surface area contributed by atoms with Gasteiger partial charge in [-0.25, -0.2) is 9.67 Å². The summed E-state index contributed by atoms with van der Waals surface area (Å²) in [5.74, 6) is 1.81. The number of nitrogens with one attached hydrogen (secondary N) is 1. The fourth-order valence-corrected chi connectivity index (χ4v) is 4.83. The maximum Gasteiger partial charge on any atom is 0.255 e. The molecule has 2 aromatic rings. The highest BCUT2D eigenvalue weighted by molar-refractivity contribution is 5.95. The normalized spacial score (nSPS) is 19.1. The Morgan fingerprint density at radius 2 is 1.93 bits per heavy atom. The lowest BCUT2D eigenvalue weighted by molar-refractivity contribution is 0.0904. The van der Waals surface area contributed by atoms with Crippen molar-refractivity contribution in [1.82, 2.24) is 25.0 Å². The lowest BCUT2D eigenvalue weighted by Crippen LogP contribution is -2.45. The lowest BCUT2D eigenvalue weighted by atomic mass is 10.0. The number of aromatic nitrogens is 3. The van der Waals surface area contributed by atoms with Crippen LogP contribution in [0.15, 0.2) is 30.6 Å². The number of carbonyl (C=O) groups is 1. The number of hydrogen-bond donors (Lipinski definition) is 1. The van der Waals surface area contributed by atoms with Crippen molar-refractivity contribution in [1.29, 1.82) is 0 Å². The third-order valence-electron chi connectivity index (χ3n) is 6.38. The van der Waals surface area contributed by atoms with Crippen LogP contribution in [0.2, 0.25) is 0 Å². The first-order valence-corrected chi connectivity index (χ1v) is 11.1. The number of rotatable bonds is 6. The number of likely N-dealkylation sites (tertiary alicyclic amines) is 1. The van der Waals surface area contributed by atoms with Crippen LogP contribution in [-0.4, -0.2) is 51.2 Å². The fraction of sp³-hybridized carbons (Fsp3) is 0.609. The van der Waals surface area contributed by atoms with E-state index in [2.05, 4.69) is 34.1 Å². The quantitative estimate of drug-likeness (QED) is 0.809. The van der Waals surface area contributed by atoms with Gasteiger partial charge in [-0.15, -0.1) is 0 Å².